The van der Waals surface area contributed by atoms with Gasteiger partial charge in [-0.15, -0.1) is 0 Å². The number of benzene rings is 3. The van der Waals surface area contributed by atoms with Gasteiger partial charge >= 0.3 is 12.1 Å². The van der Waals surface area contributed by atoms with Crippen molar-refractivity contribution in [1.29, 1.82) is 0 Å². The maximum atomic E-state index is 12.8. The lowest BCUT2D eigenvalue weighted by Crippen LogP contribution is -2.48. The minimum Gasteiger partial charge on any atom is -0.493 e. The fourth-order valence-electron chi connectivity index (χ4n) is 6.79. The minimum absolute atomic E-state index is 0.180. The fourth-order valence-corrected chi connectivity index (χ4v) is 7.09. The molecule has 0 aliphatic carbocycles. The van der Waals surface area contributed by atoms with E-state index in [1.54, 1.807) is 19.2 Å². The number of rotatable bonds is 8. The summed E-state index contributed by atoms with van der Waals surface area (Å²) in [4.78, 5) is 31.7. The van der Waals surface area contributed by atoms with Gasteiger partial charge in [-0.05, 0) is 95.2 Å². The Bertz CT molecular complexity index is 2050. The zero-order valence-corrected chi connectivity index (χ0v) is 31.4. The molecule has 0 spiro atoms. The molecule has 3 N–H and O–H groups in total. The van der Waals surface area contributed by atoms with Crippen molar-refractivity contribution in [2.24, 2.45) is 5.92 Å². The van der Waals surface area contributed by atoms with Crippen molar-refractivity contribution in [1.82, 2.24) is 24.8 Å². The lowest BCUT2D eigenvalue weighted by atomic mass is 9.88. The van der Waals surface area contributed by atoms with E-state index in [9.17, 15) is 4.79 Å². The number of nitrogen functional groups attached to an aromatic ring is 1. The molecule has 2 fully saturated rings. The van der Waals surface area contributed by atoms with Gasteiger partial charge in [-0.25, -0.2) is 14.8 Å². The summed E-state index contributed by atoms with van der Waals surface area (Å²) >= 11 is 12.2. The molecule has 12 nitrogen and oxygen atoms in total. The van der Waals surface area contributed by atoms with Gasteiger partial charge in [0.2, 0.25) is 0 Å². The Kier molecular flexibility index (Phi) is 11.3. The number of fused-ring (bicyclic) bond motifs is 4. The summed E-state index contributed by atoms with van der Waals surface area (Å²) in [5.41, 5.74) is 7.51. The minimum atomic E-state index is -0.481. The molecule has 0 saturated carbocycles. The van der Waals surface area contributed by atoms with Crippen LogP contribution in [0, 0.1) is 5.92 Å². The molecule has 2 bridgehead atoms. The largest absolute Gasteiger partial charge is 0.493 e. The molecule has 1 amide bonds. The highest BCUT2D eigenvalue weighted by atomic mass is 35.5. The van der Waals surface area contributed by atoms with E-state index in [2.05, 4.69) is 25.3 Å². The third-order valence-electron chi connectivity index (χ3n) is 9.12. The molecule has 14 heteroatoms. The number of piperidine rings is 1. The van der Waals surface area contributed by atoms with Gasteiger partial charge < -0.3 is 34.9 Å². The molecule has 274 valence electrons. The first-order chi connectivity index (χ1) is 24.9. The Morgan fingerprint density at radius 3 is 2.35 bits per heavy atom. The lowest BCUT2D eigenvalue weighted by molar-refractivity contribution is 0.000955. The SMILES string of the molecule is COc1cc2c(Nc3ccc(Cl)c(Cl)c3)ncnc2cc1OCC[C@H]1C[C@H]2CC[C@@H](C1)N2C(=O)OC(C)(C)C.COc1nc(N)c2ccccc2n1. The third kappa shape index (κ3) is 8.62. The van der Waals surface area contributed by atoms with Gasteiger partial charge in [0.1, 0.15) is 23.6 Å². The molecular formula is C38H43Cl2N7O5. The van der Waals surface area contributed by atoms with E-state index >= 15 is 0 Å². The summed E-state index contributed by atoms with van der Waals surface area (Å²) in [6, 6.07) is 17.4. The standard InChI is InChI=1S/C29H34Cl2N4O4.C9H9N3O/c1-29(2,3)39-28(36)35-19-6-7-20(35)12-17(11-19)9-10-38-26-15-24-21(14-25(26)37-4)27(33-16-32-24)34-18-5-8-22(30)23(31)13-18;1-13-9-11-7-5-3-2-4-6(7)8(10)12-9/h5,8,13-17,19-20H,6-7,9-12H2,1-4H3,(H,32,33,34);2-5H,1H3,(H2,10,11,12)/t17-,19+,20-;. The van der Waals surface area contributed by atoms with Gasteiger partial charge in [-0.3, -0.25) is 0 Å². The average molecular weight is 749 g/mol. The van der Waals surface area contributed by atoms with Gasteiger partial charge in [0, 0.05) is 34.6 Å². The number of nitrogens with one attached hydrogen (secondary N) is 1. The van der Waals surface area contributed by atoms with Gasteiger partial charge in [0.05, 0.1) is 41.9 Å². The van der Waals surface area contributed by atoms with Gasteiger partial charge in [-0.2, -0.15) is 9.97 Å². The predicted molar refractivity (Wildman–Crippen MR) is 204 cm³/mol. The maximum Gasteiger partial charge on any atom is 0.410 e. The Morgan fingerprint density at radius 2 is 1.65 bits per heavy atom. The van der Waals surface area contributed by atoms with Crippen molar-refractivity contribution >= 4 is 68.4 Å². The topological polar surface area (TPSA) is 147 Å². The second-order valence-electron chi connectivity index (χ2n) is 13.9. The molecule has 52 heavy (non-hydrogen) atoms. The number of anilines is 3. The Balaban J connectivity index is 0.000000299. The number of hydrogen-bond acceptors (Lipinski definition) is 11. The number of hydrogen-bond donors (Lipinski definition) is 2. The molecule has 3 atom stereocenters. The van der Waals surface area contributed by atoms with Crippen molar-refractivity contribution in [3.63, 3.8) is 0 Å². The molecule has 2 saturated heterocycles. The molecular weight excluding hydrogens is 705 g/mol. The van der Waals surface area contributed by atoms with E-state index in [0.717, 1.165) is 59.6 Å². The van der Waals surface area contributed by atoms with Crippen LogP contribution in [-0.4, -0.2) is 69.4 Å². The molecule has 5 aromatic rings. The zero-order valence-electron chi connectivity index (χ0n) is 29.9. The predicted octanol–water partition coefficient (Wildman–Crippen LogP) is 8.86. The highest BCUT2D eigenvalue weighted by Gasteiger charge is 2.44. The molecule has 3 aromatic carbocycles. The summed E-state index contributed by atoms with van der Waals surface area (Å²) < 4.78 is 22.4. The summed E-state index contributed by atoms with van der Waals surface area (Å²) in [7, 11) is 3.14. The maximum absolute atomic E-state index is 12.8. The number of carbonyl (C=O) groups is 1. The summed E-state index contributed by atoms with van der Waals surface area (Å²) in [6.07, 6.45) is 6.27. The lowest BCUT2D eigenvalue weighted by Gasteiger charge is -2.39. The fraction of sp³-hybridized carbons (Fsp3) is 0.395. The number of aromatic nitrogens is 4. The molecule has 0 unspecified atom stereocenters. The van der Waals surface area contributed by atoms with Crippen LogP contribution in [0.1, 0.15) is 52.9 Å². The highest BCUT2D eigenvalue weighted by Crippen LogP contribution is 2.41. The van der Waals surface area contributed by atoms with Crippen LogP contribution in [0.3, 0.4) is 0 Å². The zero-order chi connectivity index (χ0) is 37.0. The van der Waals surface area contributed by atoms with E-state index in [1.807, 2.05) is 68.1 Å². The van der Waals surface area contributed by atoms with E-state index in [0.29, 0.717) is 51.7 Å². The molecule has 7 rings (SSSR count). The van der Waals surface area contributed by atoms with Crippen LogP contribution in [0.4, 0.5) is 22.1 Å². The van der Waals surface area contributed by atoms with Gasteiger partial charge in [-0.1, -0.05) is 35.3 Å². The van der Waals surface area contributed by atoms with Gasteiger partial charge in [0.25, 0.3) is 0 Å². The van der Waals surface area contributed by atoms with Crippen molar-refractivity contribution in [2.45, 2.75) is 70.6 Å². The van der Waals surface area contributed by atoms with Crippen LogP contribution in [0.25, 0.3) is 21.8 Å². The van der Waals surface area contributed by atoms with Crippen molar-refractivity contribution < 1.29 is 23.7 Å². The van der Waals surface area contributed by atoms with E-state index in [4.69, 9.17) is 47.9 Å². The molecule has 2 aliphatic heterocycles. The number of methoxy groups -OCH3 is 2. The first-order valence-corrected chi connectivity index (χ1v) is 17.9. The first-order valence-electron chi connectivity index (χ1n) is 17.2. The summed E-state index contributed by atoms with van der Waals surface area (Å²) in [5, 5.41) is 5.86. The highest BCUT2D eigenvalue weighted by molar-refractivity contribution is 6.42. The van der Waals surface area contributed by atoms with Crippen LogP contribution in [0.15, 0.2) is 60.9 Å². The van der Waals surface area contributed by atoms with Gasteiger partial charge in [0.15, 0.2) is 11.5 Å². The van der Waals surface area contributed by atoms with Crippen molar-refractivity contribution in [2.75, 3.05) is 31.9 Å². The van der Waals surface area contributed by atoms with Crippen LogP contribution in [-0.2, 0) is 4.74 Å². The number of amides is 1. The van der Waals surface area contributed by atoms with Crippen LogP contribution >= 0.6 is 23.2 Å². The molecule has 2 aliphatic rings. The quantitative estimate of drug-likeness (QED) is 0.157. The second-order valence-corrected chi connectivity index (χ2v) is 14.7. The van der Waals surface area contributed by atoms with E-state index in [1.165, 1.54) is 13.4 Å². The van der Waals surface area contributed by atoms with Crippen molar-refractivity contribution in [3.05, 3.63) is 71.0 Å². The number of halogens is 2. The number of nitrogens with two attached hydrogens (primary N) is 1. The monoisotopic (exact) mass is 747 g/mol. The Labute approximate surface area is 312 Å². The first kappa shape index (κ1) is 37.0. The van der Waals surface area contributed by atoms with Crippen LogP contribution < -0.4 is 25.3 Å². The smallest absolute Gasteiger partial charge is 0.410 e. The van der Waals surface area contributed by atoms with E-state index in [-0.39, 0.29) is 18.2 Å². The Hall–Kier alpha value is -4.81. The molecule has 4 heterocycles. The third-order valence-corrected chi connectivity index (χ3v) is 9.86. The second kappa shape index (κ2) is 15.8. The van der Waals surface area contributed by atoms with Crippen LogP contribution in [0.5, 0.6) is 17.5 Å². The number of nitrogens with zero attached hydrogens (tertiary/aromatic N) is 5. The van der Waals surface area contributed by atoms with Crippen LogP contribution in [0.2, 0.25) is 10.0 Å². The Morgan fingerprint density at radius 1 is 0.904 bits per heavy atom. The number of ether oxygens (including phenoxy) is 4. The molecule has 2 aromatic heterocycles. The summed E-state index contributed by atoms with van der Waals surface area (Å²) in [6.45, 7) is 6.29. The number of para-hydroxylation sites is 1. The van der Waals surface area contributed by atoms with Crippen molar-refractivity contribution in [3.8, 4) is 17.5 Å². The average Bonchev–Trinajstić information content (AvgIpc) is 3.39. The summed E-state index contributed by atoms with van der Waals surface area (Å²) in [5.74, 6) is 2.81. The number of carbonyl (C=O) groups excluding carboxylic acids is 1. The molecule has 0 radical (unpaired) electrons. The van der Waals surface area contributed by atoms with E-state index < -0.39 is 5.60 Å². The normalized spacial score (nSPS) is 18.1.